The smallest absolute Gasteiger partial charge is 0.305 e. The Hall–Kier alpha value is -4.07. The van der Waals surface area contributed by atoms with Gasteiger partial charge in [0.1, 0.15) is 17.7 Å². The van der Waals surface area contributed by atoms with Crippen molar-refractivity contribution in [2.75, 3.05) is 24.5 Å². The number of hydrogen-bond donors (Lipinski definition) is 4. The molecular weight excluding hydrogens is 454 g/mol. The van der Waals surface area contributed by atoms with E-state index in [1.165, 1.54) is 0 Å². The number of fused-ring (bicyclic) bond motifs is 1. The highest BCUT2D eigenvalue weighted by Crippen LogP contribution is 2.26. The summed E-state index contributed by atoms with van der Waals surface area (Å²) in [4.78, 5) is 15.4. The molecule has 1 fully saturated rings. The van der Waals surface area contributed by atoms with Gasteiger partial charge in [-0.15, -0.1) is 0 Å². The number of piperidine rings is 1. The Kier molecular flexibility index (Phi) is 7.73. The lowest BCUT2D eigenvalue weighted by molar-refractivity contribution is -0.136. The van der Waals surface area contributed by atoms with E-state index in [-0.39, 0.29) is 18.4 Å². The first-order chi connectivity index (χ1) is 17.3. The van der Waals surface area contributed by atoms with E-state index < -0.39 is 5.97 Å². The first-order valence-corrected chi connectivity index (χ1v) is 12.2. The first-order valence-electron chi connectivity index (χ1n) is 12.2. The van der Waals surface area contributed by atoms with Gasteiger partial charge in [0, 0.05) is 50.3 Å². The topological polar surface area (TPSA) is 127 Å². The molecule has 3 aromatic rings. The summed E-state index contributed by atoms with van der Waals surface area (Å²) in [5, 5.41) is 26.8. The van der Waals surface area contributed by atoms with E-state index in [0.29, 0.717) is 24.5 Å². The fourth-order valence-electron chi connectivity index (χ4n) is 4.55. The van der Waals surface area contributed by atoms with Gasteiger partial charge in [0.25, 0.3) is 0 Å². The second kappa shape index (κ2) is 11.1. The molecule has 0 aromatic heterocycles. The van der Waals surface area contributed by atoms with Crippen molar-refractivity contribution in [1.82, 2.24) is 4.90 Å². The predicted octanol–water partition coefficient (Wildman–Crippen LogP) is 4.45. The van der Waals surface area contributed by atoms with Crippen molar-refractivity contribution >= 4 is 34.1 Å². The van der Waals surface area contributed by atoms with Crippen LogP contribution in [0.3, 0.4) is 0 Å². The molecule has 0 atom stereocenters. The van der Waals surface area contributed by atoms with Crippen molar-refractivity contribution < 1.29 is 14.6 Å². The zero-order valence-corrected chi connectivity index (χ0v) is 20.5. The van der Waals surface area contributed by atoms with Crippen LogP contribution < -0.4 is 15.4 Å². The van der Waals surface area contributed by atoms with Crippen molar-refractivity contribution in [3.63, 3.8) is 0 Å². The fourth-order valence-corrected chi connectivity index (χ4v) is 4.55. The van der Waals surface area contributed by atoms with Crippen LogP contribution >= 0.6 is 0 Å². The Morgan fingerprint density at radius 3 is 2.39 bits per heavy atom. The van der Waals surface area contributed by atoms with Gasteiger partial charge in [-0.05, 0) is 59.7 Å². The van der Waals surface area contributed by atoms with E-state index in [2.05, 4.69) is 15.9 Å². The molecule has 1 aliphatic heterocycles. The summed E-state index contributed by atoms with van der Waals surface area (Å²) < 4.78 is 6.18. The average molecular weight is 488 g/mol. The zero-order valence-electron chi connectivity index (χ0n) is 20.5. The Balaban J connectivity index is 1.47. The number of rotatable bonds is 9. The van der Waals surface area contributed by atoms with Crippen LogP contribution in [-0.2, 0) is 11.3 Å². The highest BCUT2D eigenvalue weighted by Gasteiger charge is 2.21. The normalized spacial score (nSPS) is 14.0. The number of nitrogens with two attached hydrogens (primary N) is 1. The monoisotopic (exact) mass is 487 g/mol. The van der Waals surface area contributed by atoms with Crippen LogP contribution in [0, 0.1) is 10.8 Å². The van der Waals surface area contributed by atoms with Gasteiger partial charge in [0.2, 0.25) is 0 Å². The molecule has 0 radical (unpaired) electrons. The minimum atomic E-state index is -0.837. The second-order valence-electron chi connectivity index (χ2n) is 9.26. The molecule has 0 spiro atoms. The number of likely N-dealkylation sites (tertiary alicyclic amines) is 1. The summed E-state index contributed by atoms with van der Waals surface area (Å²) in [6, 6.07) is 19.7. The molecule has 3 aromatic carbocycles. The third kappa shape index (κ3) is 6.33. The molecule has 1 saturated heterocycles. The third-order valence-corrected chi connectivity index (χ3v) is 6.61. The summed E-state index contributed by atoms with van der Waals surface area (Å²) >= 11 is 0. The van der Waals surface area contributed by atoms with Crippen molar-refractivity contribution in [1.29, 1.82) is 10.8 Å². The number of hydrogen-bond acceptors (Lipinski definition) is 5. The van der Waals surface area contributed by atoms with Crippen molar-refractivity contribution in [3.8, 4) is 5.75 Å². The molecule has 8 heteroatoms. The molecule has 4 rings (SSSR count). The quantitative estimate of drug-likeness (QED) is 0.261. The molecular formula is C28H33N5O3. The number of carbonyl (C=O) groups is 1. The Morgan fingerprint density at radius 1 is 1.06 bits per heavy atom. The first kappa shape index (κ1) is 25.0. The SMILES string of the molecule is CC(=N)N1CCC(Oc2ccc(N(CCC(=O)O)Cc3ccc4ccc(C(=N)N)cc4c3)cc2)CC1. The lowest BCUT2D eigenvalue weighted by atomic mass is 10.0. The molecule has 1 aliphatic rings. The van der Waals surface area contributed by atoms with Crippen LogP contribution in [-0.4, -0.2) is 53.4 Å². The Labute approximate surface area is 211 Å². The molecule has 0 aliphatic carbocycles. The molecule has 5 N–H and O–H groups in total. The van der Waals surface area contributed by atoms with Crippen LogP contribution in [0.1, 0.15) is 37.3 Å². The number of nitrogens with one attached hydrogen (secondary N) is 2. The van der Waals surface area contributed by atoms with Gasteiger partial charge in [-0.2, -0.15) is 0 Å². The van der Waals surface area contributed by atoms with Crippen LogP contribution in [0.25, 0.3) is 10.8 Å². The fraction of sp³-hybridized carbons (Fsp3) is 0.321. The van der Waals surface area contributed by atoms with Gasteiger partial charge in [0.05, 0.1) is 12.3 Å². The van der Waals surface area contributed by atoms with Crippen molar-refractivity contribution in [2.45, 2.75) is 38.8 Å². The largest absolute Gasteiger partial charge is 0.490 e. The maximum atomic E-state index is 11.3. The molecule has 188 valence electrons. The maximum absolute atomic E-state index is 11.3. The highest BCUT2D eigenvalue weighted by atomic mass is 16.5. The molecule has 1 heterocycles. The molecule has 0 amide bonds. The molecule has 0 bridgehead atoms. The Bertz CT molecular complexity index is 1250. The number of amidine groups is 2. The predicted molar refractivity (Wildman–Crippen MR) is 143 cm³/mol. The average Bonchev–Trinajstić information content (AvgIpc) is 2.86. The standard InChI is InChI=1S/C28H33N5O3/c1-19(29)32-13-10-26(11-14-32)36-25-8-6-24(7-9-25)33(15-12-27(34)35)18-20-2-3-21-4-5-22(28(30)31)17-23(21)16-20/h2-9,16-17,26,29H,10-15,18H2,1H3,(H3,30,31)(H,34,35). The van der Waals surface area contributed by atoms with E-state index >= 15 is 0 Å². The summed E-state index contributed by atoms with van der Waals surface area (Å²) in [6.45, 7) is 4.41. The van der Waals surface area contributed by atoms with Crippen molar-refractivity contribution in [3.05, 3.63) is 71.8 Å². The van der Waals surface area contributed by atoms with Crippen LogP contribution in [0.4, 0.5) is 5.69 Å². The number of ether oxygens (including phenoxy) is 1. The van der Waals surface area contributed by atoms with E-state index in [9.17, 15) is 9.90 Å². The number of benzene rings is 3. The number of anilines is 1. The van der Waals surface area contributed by atoms with Gasteiger partial charge in [-0.1, -0.05) is 24.3 Å². The van der Waals surface area contributed by atoms with Crippen LogP contribution in [0.2, 0.25) is 0 Å². The van der Waals surface area contributed by atoms with Gasteiger partial charge in [-0.3, -0.25) is 15.6 Å². The third-order valence-electron chi connectivity index (χ3n) is 6.61. The van der Waals surface area contributed by atoms with Gasteiger partial charge < -0.3 is 25.4 Å². The van der Waals surface area contributed by atoms with Crippen LogP contribution in [0.15, 0.2) is 60.7 Å². The molecule has 0 saturated carbocycles. The van der Waals surface area contributed by atoms with Gasteiger partial charge in [0.15, 0.2) is 0 Å². The summed E-state index contributed by atoms with van der Waals surface area (Å²) in [7, 11) is 0. The summed E-state index contributed by atoms with van der Waals surface area (Å²) in [5.41, 5.74) is 8.30. The van der Waals surface area contributed by atoms with Gasteiger partial charge >= 0.3 is 5.97 Å². The number of nitrogen functional groups attached to an aromatic ring is 1. The Morgan fingerprint density at radius 2 is 1.75 bits per heavy atom. The van der Waals surface area contributed by atoms with E-state index in [1.54, 1.807) is 0 Å². The number of carboxylic acid groups (broad SMARTS) is 1. The van der Waals surface area contributed by atoms with E-state index in [0.717, 1.165) is 53.7 Å². The number of aliphatic carboxylic acids is 1. The van der Waals surface area contributed by atoms with Crippen LogP contribution in [0.5, 0.6) is 5.75 Å². The number of nitrogens with zero attached hydrogens (tertiary/aromatic N) is 2. The summed E-state index contributed by atoms with van der Waals surface area (Å²) in [6.07, 6.45) is 1.93. The molecule has 8 nitrogen and oxygen atoms in total. The highest BCUT2D eigenvalue weighted by molar-refractivity contribution is 5.99. The number of carboxylic acids is 1. The maximum Gasteiger partial charge on any atom is 0.305 e. The van der Waals surface area contributed by atoms with E-state index in [4.69, 9.17) is 21.3 Å². The second-order valence-corrected chi connectivity index (χ2v) is 9.26. The minimum absolute atomic E-state index is 0.0306. The summed E-state index contributed by atoms with van der Waals surface area (Å²) in [5.74, 6) is 0.591. The van der Waals surface area contributed by atoms with Crippen molar-refractivity contribution in [2.24, 2.45) is 5.73 Å². The van der Waals surface area contributed by atoms with Gasteiger partial charge in [-0.25, -0.2) is 0 Å². The molecule has 36 heavy (non-hydrogen) atoms. The lowest BCUT2D eigenvalue weighted by Gasteiger charge is -2.33. The lowest BCUT2D eigenvalue weighted by Crippen LogP contribution is -2.40. The molecule has 0 unspecified atom stereocenters. The van der Waals surface area contributed by atoms with E-state index in [1.807, 2.05) is 61.5 Å². The zero-order chi connectivity index (χ0) is 25.7. The minimum Gasteiger partial charge on any atom is -0.490 e.